The number of aromatic nitrogens is 2. The van der Waals surface area contributed by atoms with Gasteiger partial charge in [0.15, 0.2) is 0 Å². The molecule has 2 N–H and O–H groups in total. The summed E-state index contributed by atoms with van der Waals surface area (Å²) in [6.07, 6.45) is 3.46. The van der Waals surface area contributed by atoms with Gasteiger partial charge in [-0.2, -0.15) is 0 Å². The summed E-state index contributed by atoms with van der Waals surface area (Å²) in [4.78, 5) is 17.7. The Hall–Kier alpha value is -2.34. The number of amides is 2. The summed E-state index contributed by atoms with van der Waals surface area (Å²) in [6, 6.07) is 9.28. The molecule has 0 radical (unpaired) electrons. The standard InChI is InChI=1S/C16H22N4O2/c1-19-11-9-17-15(19)12-18-16(22)20(2)10-8-14(21)13-6-4-3-5-7-13/h3-7,9,11,14,21H,8,10,12H2,1-2H3,(H,18,22). The Morgan fingerprint density at radius 1 is 1.41 bits per heavy atom. The van der Waals surface area contributed by atoms with Crippen LogP contribution in [0.3, 0.4) is 0 Å². The van der Waals surface area contributed by atoms with Crippen LogP contribution in [0.15, 0.2) is 42.7 Å². The summed E-state index contributed by atoms with van der Waals surface area (Å²) in [6.45, 7) is 0.858. The van der Waals surface area contributed by atoms with Crippen LogP contribution in [0.1, 0.15) is 23.9 Å². The van der Waals surface area contributed by atoms with Crippen molar-refractivity contribution < 1.29 is 9.90 Å². The number of aliphatic hydroxyl groups excluding tert-OH is 1. The van der Waals surface area contributed by atoms with Gasteiger partial charge < -0.3 is 19.9 Å². The molecule has 118 valence electrons. The molecule has 0 fully saturated rings. The van der Waals surface area contributed by atoms with Crippen LogP contribution in [-0.4, -0.2) is 39.2 Å². The molecule has 6 nitrogen and oxygen atoms in total. The number of imidazole rings is 1. The Balaban J connectivity index is 1.75. The number of aryl methyl sites for hydroxylation is 1. The highest BCUT2D eigenvalue weighted by Gasteiger charge is 2.12. The predicted molar refractivity (Wildman–Crippen MR) is 84.1 cm³/mol. The molecule has 0 bridgehead atoms. The number of benzene rings is 1. The number of nitrogens with zero attached hydrogens (tertiary/aromatic N) is 3. The summed E-state index contributed by atoms with van der Waals surface area (Å²) in [5.74, 6) is 0.797. The third-order valence-corrected chi connectivity index (χ3v) is 3.59. The minimum atomic E-state index is -0.564. The van der Waals surface area contributed by atoms with Gasteiger partial charge in [0.1, 0.15) is 5.82 Å². The summed E-state index contributed by atoms with van der Waals surface area (Å²) in [7, 11) is 3.60. The molecule has 2 amide bonds. The van der Waals surface area contributed by atoms with E-state index in [1.54, 1.807) is 18.1 Å². The van der Waals surface area contributed by atoms with Crippen molar-refractivity contribution in [3.8, 4) is 0 Å². The van der Waals surface area contributed by atoms with Crippen LogP contribution < -0.4 is 5.32 Å². The Bertz CT molecular complexity index is 597. The molecular formula is C16H22N4O2. The molecule has 2 aromatic rings. The molecule has 1 aromatic carbocycles. The predicted octanol–water partition coefficient (Wildman–Crippen LogP) is 1.69. The van der Waals surface area contributed by atoms with Gasteiger partial charge in [-0.1, -0.05) is 30.3 Å². The number of carbonyl (C=O) groups is 1. The van der Waals surface area contributed by atoms with Crippen LogP contribution in [0.5, 0.6) is 0 Å². The molecule has 1 unspecified atom stereocenters. The first-order chi connectivity index (χ1) is 10.6. The second-order valence-corrected chi connectivity index (χ2v) is 5.25. The van der Waals surface area contributed by atoms with Crippen LogP contribution in [0, 0.1) is 0 Å². The van der Waals surface area contributed by atoms with Crippen molar-refractivity contribution in [1.82, 2.24) is 19.8 Å². The fraction of sp³-hybridized carbons (Fsp3) is 0.375. The molecule has 0 aliphatic heterocycles. The molecular weight excluding hydrogens is 280 g/mol. The molecule has 0 saturated heterocycles. The maximum absolute atomic E-state index is 12.0. The second kappa shape index (κ2) is 7.61. The molecule has 0 saturated carbocycles. The molecule has 1 aromatic heterocycles. The first-order valence-corrected chi connectivity index (χ1v) is 7.26. The number of rotatable bonds is 6. The van der Waals surface area contributed by atoms with E-state index in [2.05, 4.69) is 10.3 Å². The minimum absolute atomic E-state index is 0.178. The first kappa shape index (κ1) is 16.0. The Labute approximate surface area is 130 Å². The number of aliphatic hydroxyl groups is 1. The Morgan fingerprint density at radius 2 is 2.14 bits per heavy atom. The smallest absolute Gasteiger partial charge is 0.317 e. The topological polar surface area (TPSA) is 70.4 Å². The van der Waals surface area contributed by atoms with Gasteiger partial charge in [0.05, 0.1) is 12.6 Å². The molecule has 0 aliphatic rings. The normalized spacial score (nSPS) is 12.0. The molecule has 2 rings (SSSR count). The monoisotopic (exact) mass is 302 g/mol. The summed E-state index contributed by atoms with van der Waals surface area (Å²) in [5.41, 5.74) is 0.865. The molecule has 6 heteroatoms. The SMILES string of the molecule is CN(CCC(O)c1ccccc1)C(=O)NCc1nccn1C. The lowest BCUT2D eigenvalue weighted by atomic mass is 10.1. The van der Waals surface area contributed by atoms with Crippen molar-refractivity contribution in [1.29, 1.82) is 0 Å². The van der Waals surface area contributed by atoms with Crippen LogP contribution in [0.25, 0.3) is 0 Å². The van der Waals surface area contributed by atoms with Crippen LogP contribution >= 0.6 is 0 Å². The Morgan fingerprint density at radius 3 is 2.77 bits per heavy atom. The van der Waals surface area contributed by atoms with E-state index < -0.39 is 6.10 Å². The van der Waals surface area contributed by atoms with Crippen molar-refractivity contribution in [3.63, 3.8) is 0 Å². The van der Waals surface area contributed by atoms with Gasteiger partial charge in [-0.25, -0.2) is 9.78 Å². The highest BCUT2D eigenvalue weighted by Crippen LogP contribution is 2.15. The number of nitrogens with one attached hydrogen (secondary N) is 1. The first-order valence-electron chi connectivity index (χ1n) is 7.26. The zero-order valence-corrected chi connectivity index (χ0v) is 12.9. The fourth-order valence-electron chi connectivity index (χ4n) is 2.12. The zero-order chi connectivity index (χ0) is 15.9. The zero-order valence-electron chi connectivity index (χ0n) is 12.9. The largest absolute Gasteiger partial charge is 0.388 e. The molecule has 1 atom stereocenters. The quantitative estimate of drug-likeness (QED) is 0.853. The van der Waals surface area contributed by atoms with E-state index in [1.165, 1.54) is 0 Å². The molecule has 1 heterocycles. The van der Waals surface area contributed by atoms with Crippen LogP contribution in [-0.2, 0) is 13.6 Å². The van der Waals surface area contributed by atoms with E-state index in [0.717, 1.165) is 11.4 Å². The highest BCUT2D eigenvalue weighted by atomic mass is 16.3. The van der Waals surface area contributed by atoms with Gasteiger partial charge in [0, 0.05) is 33.0 Å². The van der Waals surface area contributed by atoms with Gasteiger partial charge in [0.2, 0.25) is 0 Å². The van der Waals surface area contributed by atoms with Crippen molar-refractivity contribution >= 4 is 6.03 Å². The maximum atomic E-state index is 12.0. The second-order valence-electron chi connectivity index (χ2n) is 5.25. The van der Waals surface area contributed by atoms with Gasteiger partial charge in [-0.15, -0.1) is 0 Å². The lowest BCUT2D eigenvalue weighted by molar-refractivity contribution is 0.150. The van der Waals surface area contributed by atoms with E-state index in [1.807, 2.05) is 48.1 Å². The highest BCUT2D eigenvalue weighted by molar-refractivity contribution is 5.73. The van der Waals surface area contributed by atoms with Gasteiger partial charge >= 0.3 is 6.03 Å². The molecule has 0 aliphatic carbocycles. The van der Waals surface area contributed by atoms with E-state index in [0.29, 0.717) is 19.5 Å². The fourth-order valence-corrected chi connectivity index (χ4v) is 2.12. The van der Waals surface area contributed by atoms with Crippen molar-refractivity contribution in [2.75, 3.05) is 13.6 Å². The number of carbonyl (C=O) groups excluding carboxylic acids is 1. The van der Waals surface area contributed by atoms with E-state index in [-0.39, 0.29) is 6.03 Å². The third-order valence-electron chi connectivity index (χ3n) is 3.59. The van der Waals surface area contributed by atoms with Gasteiger partial charge in [-0.05, 0) is 12.0 Å². The summed E-state index contributed by atoms with van der Waals surface area (Å²) < 4.78 is 1.86. The average Bonchev–Trinajstić information content (AvgIpc) is 2.95. The van der Waals surface area contributed by atoms with E-state index in [4.69, 9.17) is 0 Å². The van der Waals surface area contributed by atoms with Crippen molar-refractivity contribution in [2.45, 2.75) is 19.1 Å². The average molecular weight is 302 g/mol. The van der Waals surface area contributed by atoms with E-state index in [9.17, 15) is 9.90 Å². The van der Waals surface area contributed by atoms with Crippen molar-refractivity contribution in [3.05, 3.63) is 54.1 Å². The lowest BCUT2D eigenvalue weighted by Crippen LogP contribution is -2.38. The van der Waals surface area contributed by atoms with Gasteiger partial charge in [0.25, 0.3) is 0 Å². The van der Waals surface area contributed by atoms with Crippen LogP contribution in [0.4, 0.5) is 4.79 Å². The van der Waals surface area contributed by atoms with Crippen LogP contribution in [0.2, 0.25) is 0 Å². The Kier molecular flexibility index (Phi) is 5.55. The maximum Gasteiger partial charge on any atom is 0.317 e. The molecule has 0 spiro atoms. The van der Waals surface area contributed by atoms with Gasteiger partial charge in [-0.3, -0.25) is 0 Å². The lowest BCUT2D eigenvalue weighted by Gasteiger charge is -2.20. The number of hydrogen-bond acceptors (Lipinski definition) is 3. The molecule has 22 heavy (non-hydrogen) atoms. The summed E-state index contributed by atoms with van der Waals surface area (Å²) in [5, 5.41) is 12.9. The minimum Gasteiger partial charge on any atom is -0.388 e. The number of hydrogen-bond donors (Lipinski definition) is 2. The van der Waals surface area contributed by atoms with E-state index >= 15 is 0 Å². The number of urea groups is 1. The third kappa shape index (κ3) is 4.33. The summed E-state index contributed by atoms with van der Waals surface area (Å²) >= 11 is 0. The van der Waals surface area contributed by atoms with Crippen molar-refractivity contribution in [2.24, 2.45) is 7.05 Å².